The van der Waals surface area contributed by atoms with Crippen LogP contribution in [0.1, 0.15) is 43.0 Å². The summed E-state index contributed by atoms with van der Waals surface area (Å²) in [6, 6.07) is 0. The average Bonchev–Trinajstić information content (AvgIpc) is 3.18. The number of nitrogens with one attached hydrogen (secondary N) is 3. The predicted octanol–water partition coefficient (Wildman–Crippen LogP) is -7.98. The third-order valence-corrected chi connectivity index (χ3v) is 7.07. The average molecular weight is 1010 g/mol. The molecule has 0 aliphatic carbocycles. The number of likely N-dealkylation sites (N-methyl/N-ethyl adjacent to an activating group) is 4. The molecule has 378 valence electrons. The number of rotatable bonds is 31. The van der Waals surface area contributed by atoms with Gasteiger partial charge in [-0.05, 0) is 69.7 Å². The van der Waals surface area contributed by atoms with E-state index in [4.69, 9.17) is 72.8 Å². The molecule has 2 amide bonds. The monoisotopic (exact) mass is 1000 g/mol. The summed E-state index contributed by atoms with van der Waals surface area (Å²) < 4.78 is 25.4. The van der Waals surface area contributed by atoms with Gasteiger partial charge in [0.2, 0.25) is 0 Å². The molecule has 0 aromatic heterocycles. The zero-order valence-corrected chi connectivity index (χ0v) is 48.9. The molecule has 0 aromatic rings. The van der Waals surface area contributed by atoms with Gasteiger partial charge in [-0.15, -0.1) is 11.6 Å². The second-order valence-electron chi connectivity index (χ2n) is 15.4. The van der Waals surface area contributed by atoms with Crippen molar-refractivity contribution in [1.29, 1.82) is 0 Å². The van der Waals surface area contributed by atoms with Gasteiger partial charge < -0.3 is 98.2 Å². The Morgan fingerprint density at radius 3 is 1.34 bits per heavy atom. The minimum Gasteiger partial charge on any atom is -1.00 e. The zero-order valence-electron chi connectivity index (χ0n) is 42.9. The Kier molecular flexibility index (Phi) is 74.4. The van der Waals surface area contributed by atoms with Gasteiger partial charge in [0.15, 0.2) is 0 Å². The fourth-order valence-corrected chi connectivity index (χ4v) is 4.00. The number of hydrogen-bond acceptors (Lipinski definition) is 20. The molecule has 0 unspecified atom stereocenters. The van der Waals surface area contributed by atoms with Crippen molar-refractivity contribution < 1.29 is 163 Å². The van der Waals surface area contributed by atoms with Crippen molar-refractivity contribution in [3.63, 3.8) is 0 Å². The first-order valence-corrected chi connectivity index (χ1v) is 21.5. The van der Waals surface area contributed by atoms with Crippen molar-refractivity contribution in [2.24, 2.45) is 17.2 Å². The number of ether oxygens (including phenoxy) is 5. The summed E-state index contributed by atoms with van der Waals surface area (Å²) in [7, 11) is 8.15. The number of nitrogens with zero attached hydrogens (tertiary/aromatic N) is 4. The van der Waals surface area contributed by atoms with E-state index in [-0.39, 0.29) is 136 Å². The second-order valence-corrected chi connectivity index (χ2v) is 15.7. The van der Waals surface area contributed by atoms with Gasteiger partial charge in [0, 0.05) is 104 Å². The van der Waals surface area contributed by atoms with Gasteiger partial charge in [-0.3, -0.25) is 4.79 Å². The van der Waals surface area contributed by atoms with Crippen LogP contribution in [0.5, 0.6) is 0 Å². The number of aliphatic hydroxyl groups is 2. The first kappa shape index (κ1) is 79.2. The molecule has 0 fully saturated rings. The van der Waals surface area contributed by atoms with Gasteiger partial charge in [-0.2, -0.15) is 0 Å². The van der Waals surface area contributed by atoms with Crippen molar-refractivity contribution in [2.75, 3.05) is 185 Å². The van der Waals surface area contributed by atoms with E-state index in [0.29, 0.717) is 65.1 Å². The molecule has 0 aliphatic rings. The van der Waals surface area contributed by atoms with E-state index in [9.17, 15) is 9.59 Å². The van der Waals surface area contributed by atoms with E-state index in [2.05, 4.69) is 54.5 Å². The summed E-state index contributed by atoms with van der Waals surface area (Å²) >= 11 is 5.23. The standard InChI is InChI=1S/C14H31N3O4.C10H26N4O.C10H23N3O2.C4H9ClO2.CH2O3.2K.H/c1-14(2,3)21-13(19)16-6-9-17(4)8-5-15-7-11-20-12-10-18;1-13(5-3-11)6-7-14(2)8-10-15-9-4-12;1-10(2,3)15-9(14)12-6-8-13(4)7-5-11;5-1-3-7-4-2-6;2-1-4-3;;;/h15,18H,5-12H2,1-4H3,(H,16,19);3-12H2,1-2H3;5-8,11H2,1-4H3,(H,12,14);6H,1-4H2;1,3H;;;/q;;;;;2*+1;-1/p-1. The molecule has 0 aromatic carbocycles. The molecule has 0 spiro atoms. The molecule has 0 bridgehead atoms. The van der Waals surface area contributed by atoms with Gasteiger partial charge in [-0.1, -0.05) is 0 Å². The Morgan fingerprint density at radius 1 is 0.594 bits per heavy atom. The van der Waals surface area contributed by atoms with Crippen molar-refractivity contribution in [3.8, 4) is 0 Å². The first-order valence-electron chi connectivity index (χ1n) is 21.0. The van der Waals surface area contributed by atoms with Gasteiger partial charge in [-0.25, -0.2) is 9.59 Å². The second kappa shape index (κ2) is 60.1. The SMILES string of the molecule is CN(CCN)CCN(C)CCOCCN.CN(CCN)CCNC(=O)OC(C)(C)C.CN(CCNCCOCCO)CCNC(=O)OC(C)(C)C.O=CO[O-].OCCOCCCl.[H-].[K+].[K+]. The Hall–Kier alpha value is 1.01. The Bertz CT molecular complexity index is 963. The van der Waals surface area contributed by atoms with Crippen molar-refractivity contribution in [1.82, 2.24) is 35.6 Å². The van der Waals surface area contributed by atoms with E-state index in [0.717, 1.165) is 78.6 Å². The van der Waals surface area contributed by atoms with Crippen LogP contribution in [0, 0.1) is 0 Å². The quantitative estimate of drug-likeness (QED) is 0.00799. The van der Waals surface area contributed by atoms with Crippen molar-refractivity contribution in [3.05, 3.63) is 0 Å². The summed E-state index contributed by atoms with van der Waals surface area (Å²) in [6.45, 7) is 26.3. The molecule has 64 heavy (non-hydrogen) atoms. The van der Waals surface area contributed by atoms with Crippen LogP contribution in [0.4, 0.5) is 9.59 Å². The van der Waals surface area contributed by atoms with Gasteiger partial charge in [0.25, 0.3) is 6.47 Å². The Balaban J connectivity index is -0.000000111. The van der Waals surface area contributed by atoms with E-state index in [1.54, 1.807) is 0 Å². The smallest absolute Gasteiger partial charge is 1.00 e. The maximum Gasteiger partial charge on any atom is 1.00 e. The van der Waals surface area contributed by atoms with Crippen molar-refractivity contribution >= 4 is 30.3 Å². The largest absolute Gasteiger partial charge is 1.00 e. The van der Waals surface area contributed by atoms with Gasteiger partial charge in [0.1, 0.15) is 11.2 Å². The molecule has 0 saturated heterocycles. The number of carbonyl (C=O) groups excluding carboxylic acids is 3. The number of amides is 2. The molecular weight excluding hydrogens is 914 g/mol. The number of aliphatic hydroxyl groups excluding tert-OH is 2. The molecule has 0 atom stereocenters. The van der Waals surface area contributed by atoms with Crippen LogP contribution in [0.15, 0.2) is 0 Å². The fraction of sp³-hybridized carbons (Fsp3) is 0.923. The van der Waals surface area contributed by atoms with E-state index in [1.807, 2.05) is 55.6 Å². The number of nitrogens with two attached hydrogens (primary N) is 3. The Morgan fingerprint density at radius 2 is 0.969 bits per heavy atom. The van der Waals surface area contributed by atoms with Crippen LogP contribution in [-0.2, 0) is 33.4 Å². The zero-order chi connectivity index (χ0) is 48.5. The van der Waals surface area contributed by atoms with Crippen LogP contribution < -0.4 is 141 Å². The Labute approximate surface area is 477 Å². The summed E-state index contributed by atoms with van der Waals surface area (Å²) in [5, 5.41) is 33.7. The summed E-state index contributed by atoms with van der Waals surface area (Å²) in [4.78, 5) is 42.6. The third kappa shape index (κ3) is 83.1. The van der Waals surface area contributed by atoms with Gasteiger partial charge in [0.05, 0.1) is 52.9 Å². The fourth-order valence-electron chi connectivity index (χ4n) is 3.89. The van der Waals surface area contributed by atoms with Crippen LogP contribution in [0.2, 0.25) is 0 Å². The molecule has 0 aliphatic heterocycles. The molecule has 0 radical (unpaired) electrons. The number of halogens is 1. The van der Waals surface area contributed by atoms with Gasteiger partial charge >= 0.3 is 115 Å². The van der Waals surface area contributed by atoms with E-state index in [1.165, 1.54) is 0 Å². The number of carbonyl (C=O) groups is 3. The maximum absolute atomic E-state index is 11.4. The molecule has 0 rings (SSSR count). The molecule has 22 nitrogen and oxygen atoms in total. The summed E-state index contributed by atoms with van der Waals surface area (Å²) in [5.74, 6) is 0.500. The van der Waals surface area contributed by atoms with Crippen LogP contribution in [0.25, 0.3) is 0 Å². The molecular formula is C39H91ClK2N10O12. The summed E-state index contributed by atoms with van der Waals surface area (Å²) in [5.41, 5.74) is 15.3. The summed E-state index contributed by atoms with van der Waals surface area (Å²) in [6.07, 6.45) is -0.751. The van der Waals surface area contributed by atoms with E-state index >= 15 is 0 Å². The number of alkyl halides is 1. The topological polar surface area (TPSA) is 297 Å². The van der Waals surface area contributed by atoms with E-state index < -0.39 is 11.2 Å². The molecule has 25 heteroatoms. The van der Waals surface area contributed by atoms with Crippen LogP contribution in [0.3, 0.4) is 0 Å². The normalized spacial score (nSPS) is 10.6. The molecule has 0 saturated carbocycles. The number of hydrogen-bond donors (Lipinski definition) is 8. The maximum atomic E-state index is 11.4. The molecule has 11 N–H and O–H groups in total. The van der Waals surface area contributed by atoms with Crippen LogP contribution >= 0.6 is 11.6 Å². The number of alkyl carbamates (subject to hydrolysis) is 2. The molecule has 0 heterocycles. The third-order valence-electron chi connectivity index (χ3n) is 6.91. The first-order chi connectivity index (χ1) is 29.2. The minimum atomic E-state index is -0.460. The van der Waals surface area contributed by atoms with Crippen LogP contribution in [-0.4, -0.2) is 245 Å². The minimum absolute atomic E-state index is 0. The van der Waals surface area contributed by atoms with Crippen molar-refractivity contribution in [2.45, 2.75) is 52.7 Å². The predicted molar refractivity (Wildman–Crippen MR) is 244 cm³/mol.